The van der Waals surface area contributed by atoms with Gasteiger partial charge in [0, 0.05) is 23.3 Å². The third kappa shape index (κ3) is 4.71. The van der Waals surface area contributed by atoms with Crippen molar-refractivity contribution in [2.75, 3.05) is 5.75 Å². The second kappa shape index (κ2) is 9.59. The van der Waals surface area contributed by atoms with Crippen molar-refractivity contribution in [3.63, 3.8) is 0 Å². The van der Waals surface area contributed by atoms with Crippen LogP contribution in [0.15, 0.2) is 82.6 Å². The molecule has 0 fully saturated rings. The summed E-state index contributed by atoms with van der Waals surface area (Å²) in [5.74, 6) is 2.65. The Hall–Kier alpha value is -3.12. The van der Waals surface area contributed by atoms with Crippen LogP contribution in [-0.2, 0) is 6.54 Å². The fourth-order valence-corrected chi connectivity index (χ4v) is 4.16. The molecule has 0 unspecified atom stereocenters. The van der Waals surface area contributed by atoms with E-state index in [4.69, 9.17) is 4.42 Å². The quantitative estimate of drug-likeness (QED) is 0.200. The molecule has 5 nitrogen and oxygen atoms in total. The molecule has 0 radical (unpaired) electrons. The standard InChI is InChI=1S/C24H23N3O2S/c1-18-9-5-6-13-21(18)23-25-26-24(27(23)17-20-12-7-15-29-20)30-16-8-14-22(28)19-10-3-2-4-11-19/h2-7,9-13,15H,8,14,16-17H2,1H3. The summed E-state index contributed by atoms with van der Waals surface area (Å²) >= 11 is 1.62. The summed E-state index contributed by atoms with van der Waals surface area (Å²) in [6.45, 7) is 2.64. The van der Waals surface area contributed by atoms with E-state index in [0.717, 1.165) is 45.6 Å². The van der Waals surface area contributed by atoms with Gasteiger partial charge in [0.15, 0.2) is 16.8 Å². The third-order valence-electron chi connectivity index (χ3n) is 4.87. The SMILES string of the molecule is Cc1ccccc1-c1nnc(SCCCC(=O)c2ccccc2)n1Cc1ccco1. The molecule has 0 aliphatic heterocycles. The van der Waals surface area contributed by atoms with Gasteiger partial charge in [0.2, 0.25) is 0 Å². The molecular formula is C24H23N3O2S. The Labute approximate surface area is 180 Å². The first-order valence-electron chi connectivity index (χ1n) is 9.95. The Morgan fingerprint density at radius 3 is 2.57 bits per heavy atom. The van der Waals surface area contributed by atoms with Crippen molar-refractivity contribution in [3.05, 3.63) is 89.9 Å². The van der Waals surface area contributed by atoms with Gasteiger partial charge in [-0.25, -0.2) is 0 Å². The zero-order valence-electron chi connectivity index (χ0n) is 16.8. The lowest BCUT2D eigenvalue weighted by Crippen LogP contribution is -2.05. The number of Topliss-reactive ketones (excluding diaryl/α,β-unsaturated/α-hetero) is 1. The number of nitrogens with zero attached hydrogens (tertiary/aromatic N) is 3. The molecule has 0 bridgehead atoms. The number of aryl methyl sites for hydroxylation is 1. The number of thioether (sulfide) groups is 1. The van der Waals surface area contributed by atoms with E-state index in [1.807, 2.05) is 54.6 Å². The van der Waals surface area contributed by atoms with Crippen LogP contribution < -0.4 is 0 Å². The number of benzene rings is 2. The molecule has 4 rings (SSSR count). The maximum atomic E-state index is 12.3. The van der Waals surface area contributed by atoms with Gasteiger partial charge < -0.3 is 4.42 Å². The first-order chi connectivity index (χ1) is 14.7. The molecule has 152 valence electrons. The van der Waals surface area contributed by atoms with Gasteiger partial charge in [-0.05, 0) is 31.0 Å². The highest BCUT2D eigenvalue weighted by Gasteiger charge is 2.17. The summed E-state index contributed by atoms with van der Waals surface area (Å²) in [6, 6.07) is 21.4. The third-order valence-corrected chi connectivity index (χ3v) is 5.92. The summed E-state index contributed by atoms with van der Waals surface area (Å²) in [6.07, 6.45) is 2.98. The average Bonchev–Trinajstić information content (AvgIpc) is 3.43. The number of hydrogen-bond acceptors (Lipinski definition) is 5. The highest BCUT2D eigenvalue weighted by molar-refractivity contribution is 7.99. The molecule has 4 aromatic rings. The smallest absolute Gasteiger partial charge is 0.191 e. The molecule has 0 aliphatic carbocycles. The predicted molar refractivity (Wildman–Crippen MR) is 119 cm³/mol. The summed E-state index contributed by atoms with van der Waals surface area (Å²) in [7, 11) is 0. The van der Waals surface area contributed by atoms with Crippen LogP contribution in [0.25, 0.3) is 11.4 Å². The molecule has 2 aromatic heterocycles. The topological polar surface area (TPSA) is 60.9 Å². The Bertz CT molecular complexity index is 1100. The molecule has 0 saturated carbocycles. The summed E-state index contributed by atoms with van der Waals surface area (Å²) in [5, 5.41) is 9.74. The van der Waals surface area contributed by atoms with E-state index in [-0.39, 0.29) is 5.78 Å². The van der Waals surface area contributed by atoms with E-state index >= 15 is 0 Å². The van der Waals surface area contributed by atoms with Crippen molar-refractivity contribution >= 4 is 17.5 Å². The van der Waals surface area contributed by atoms with Crippen LogP contribution in [0.1, 0.15) is 34.5 Å². The summed E-state index contributed by atoms with van der Waals surface area (Å²) in [4.78, 5) is 12.3. The van der Waals surface area contributed by atoms with Crippen LogP contribution in [0, 0.1) is 6.92 Å². The van der Waals surface area contributed by atoms with E-state index in [1.54, 1.807) is 18.0 Å². The molecular weight excluding hydrogens is 394 g/mol. The van der Waals surface area contributed by atoms with Gasteiger partial charge in [-0.3, -0.25) is 9.36 Å². The van der Waals surface area contributed by atoms with Crippen molar-refractivity contribution in [1.29, 1.82) is 0 Å². The van der Waals surface area contributed by atoms with Gasteiger partial charge in [-0.15, -0.1) is 10.2 Å². The number of furan rings is 1. The largest absolute Gasteiger partial charge is 0.467 e. The summed E-state index contributed by atoms with van der Waals surface area (Å²) < 4.78 is 7.65. The molecule has 0 amide bonds. The fourth-order valence-electron chi connectivity index (χ4n) is 3.28. The van der Waals surface area contributed by atoms with Crippen LogP contribution in [-0.4, -0.2) is 26.3 Å². The molecule has 2 heterocycles. The van der Waals surface area contributed by atoms with E-state index in [0.29, 0.717) is 13.0 Å². The van der Waals surface area contributed by atoms with Gasteiger partial charge in [-0.1, -0.05) is 66.4 Å². The van der Waals surface area contributed by atoms with Crippen molar-refractivity contribution in [3.8, 4) is 11.4 Å². The van der Waals surface area contributed by atoms with Gasteiger partial charge in [-0.2, -0.15) is 0 Å². The molecule has 6 heteroatoms. The van der Waals surface area contributed by atoms with Crippen molar-refractivity contribution in [1.82, 2.24) is 14.8 Å². The molecule has 30 heavy (non-hydrogen) atoms. The first kappa shape index (κ1) is 20.2. The minimum Gasteiger partial charge on any atom is -0.467 e. The molecule has 0 spiro atoms. The first-order valence-corrected chi connectivity index (χ1v) is 10.9. The second-order valence-electron chi connectivity index (χ2n) is 7.03. The zero-order valence-corrected chi connectivity index (χ0v) is 17.6. The van der Waals surface area contributed by atoms with E-state index in [1.165, 1.54) is 0 Å². The summed E-state index contributed by atoms with van der Waals surface area (Å²) in [5.41, 5.74) is 2.98. The van der Waals surface area contributed by atoms with Gasteiger partial charge in [0.25, 0.3) is 0 Å². The number of carbonyl (C=O) groups excluding carboxylic acids is 1. The Kier molecular flexibility index (Phi) is 6.44. The molecule has 0 saturated heterocycles. The highest BCUT2D eigenvalue weighted by atomic mass is 32.2. The van der Waals surface area contributed by atoms with Crippen LogP contribution in [0.3, 0.4) is 0 Å². The Morgan fingerprint density at radius 1 is 1.00 bits per heavy atom. The van der Waals surface area contributed by atoms with Crippen LogP contribution in [0.2, 0.25) is 0 Å². The van der Waals surface area contributed by atoms with E-state index < -0.39 is 0 Å². The number of carbonyl (C=O) groups is 1. The van der Waals surface area contributed by atoms with Crippen LogP contribution >= 0.6 is 11.8 Å². The van der Waals surface area contributed by atoms with Crippen molar-refractivity contribution in [2.24, 2.45) is 0 Å². The van der Waals surface area contributed by atoms with Gasteiger partial charge in [0.05, 0.1) is 12.8 Å². The monoisotopic (exact) mass is 417 g/mol. The Balaban J connectivity index is 1.47. The fraction of sp³-hybridized carbons (Fsp3) is 0.208. The molecule has 0 aliphatic rings. The molecule has 0 atom stereocenters. The lowest BCUT2D eigenvalue weighted by molar-refractivity contribution is 0.0982. The maximum Gasteiger partial charge on any atom is 0.191 e. The average molecular weight is 418 g/mol. The van der Waals surface area contributed by atoms with Crippen molar-refractivity contribution in [2.45, 2.75) is 31.5 Å². The number of aromatic nitrogens is 3. The van der Waals surface area contributed by atoms with Gasteiger partial charge >= 0.3 is 0 Å². The van der Waals surface area contributed by atoms with Crippen LogP contribution in [0.4, 0.5) is 0 Å². The molecule has 2 aromatic carbocycles. The van der Waals surface area contributed by atoms with E-state index in [2.05, 4.69) is 33.8 Å². The normalized spacial score (nSPS) is 11.0. The highest BCUT2D eigenvalue weighted by Crippen LogP contribution is 2.28. The molecule has 0 N–H and O–H groups in total. The zero-order chi connectivity index (χ0) is 20.8. The van der Waals surface area contributed by atoms with Crippen LogP contribution in [0.5, 0.6) is 0 Å². The minimum atomic E-state index is 0.175. The van der Waals surface area contributed by atoms with E-state index in [9.17, 15) is 4.79 Å². The second-order valence-corrected chi connectivity index (χ2v) is 8.09. The maximum absolute atomic E-state index is 12.3. The number of ketones is 1. The lowest BCUT2D eigenvalue weighted by atomic mass is 10.1. The van der Waals surface area contributed by atoms with Gasteiger partial charge in [0.1, 0.15) is 5.76 Å². The minimum absolute atomic E-state index is 0.175. The number of rotatable bonds is 9. The Morgan fingerprint density at radius 2 is 1.80 bits per heavy atom. The predicted octanol–water partition coefficient (Wildman–Crippen LogP) is 5.65. The lowest BCUT2D eigenvalue weighted by Gasteiger charge is -2.10. The van der Waals surface area contributed by atoms with Crippen molar-refractivity contribution < 1.29 is 9.21 Å². The number of hydrogen-bond donors (Lipinski definition) is 0.